The number of hydrogen-bond donors (Lipinski definition) is 2. The molecule has 2 aromatic heterocycles. The number of rotatable bonds is 5. The molecule has 106 valence electrons. The van der Waals surface area contributed by atoms with Crippen molar-refractivity contribution in [2.24, 2.45) is 0 Å². The maximum Gasteiger partial charge on any atom is 0.248 e. The maximum atomic E-state index is 11.4. The van der Waals surface area contributed by atoms with Crippen molar-refractivity contribution in [3.8, 4) is 17.0 Å². The lowest BCUT2D eigenvalue weighted by Gasteiger charge is -2.13. The summed E-state index contributed by atoms with van der Waals surface area (Å²) in [5, 5.41) is 0. The molecule has 0 saturated heterocycles. The molecule has 0 aliphatic rings. The van der Waals surface area contributed by atoms with Crippen LogP contribution in [0.1, 0.15) is 0 Å². The normalized spacial score (nSPS) is 10.6. The van der Waals surface area contributed by atoms with Gasteiger partial charge in [0.25, 0.3) is 0 Å². The molecule has 0 aromatic carbocycles. The van der Waals surface area contributed by atoms with Gasteiger partial charge < -0.3 is 14.4 Å². The summed E-state index contributed by atoms with van der Waals surface area (Å²) >= 11 is 1.42. The third-order valence-corrected chi connectivity index (χ3v) is 3.17. The number of pyridine rings is 2. The summed E-state index contributed by atoms with van der Waals surface area (Å²) in [5.74, 6) is 0.507. The van der Waals surface area contributed by atoms with Gasteiger partial charge in [-0.15, -0.1) is 0 Å². The molecular weight excluding hydrogens is 276 g/mol. The van der Waals surface area contributed by atoms with Crippen LogP contribution < -0.4 is 15.0 Å². The fourth-order valence-electron chi connectivity index (χ4n) is 1.61. The van der Waals surface area contributed by atoms with Crippen molar-refractivity contribution in [3.63, 3.8) is 0 Å². The van der Waals surface area contributed by atoms with E-state index in [0.29, 0.717) is 5.88 Å². The number of methoxy groups -OCH3 is 1. The first-order valence-corrected chi connectivity index (χ1v) is 6.71. The summed E-state index contributed by atoms with van der Waals surface area (Å²) < 4.78 is 10.3. The highest BCUT2D eigenvalue weighted by atomic mass is 32.2. The number of aromatic amines is 1. The van der Waals surface area contributed by atoms with E-state index in [1.165, 1.54) is 18.2 Å². The number of nitrogens with one attached hydrogen (secondary N) is 2. The van der Waals surface area contributed by atoms with Crippen molar-refractivity contribution >= 4 is 17.8 Å². The molecule has 2 heterocycles. The second-order valence-corrected chi connectivity index (χ2v) is 5.35. The molecule has 0 spiro atoms. The monoisotopic (exact) mass is 292 g/mol. The third-order valence-electron chi connectivity index (χ3n) is 2.49. The summed E-state index contributed by atoms with van der Waals surface area (Å²) in [7, 11) is 5.43. The molecule has 0 atom stereocenters. The van der Waals surface area contributed by atoms with Crippen molar-refractivity contribution in [3.05, 3.63) is 40.9 Å². The van der Waals surface area contributed by atoms with E-state index in [1.54, 1.807) is 19.5 Å². The molecule has 2 rings (SSSR count). The Labute approximate surface area is 121 Å². The van der Waals surface area contributed by atoms with Gasteiger partial charge in [0.1, 0.15) is 5.69 Å². The van der Waals surface area contributed by atoms with E-state index in [9.17, 15) is 4.79 Å². The lowest BCUT2D eigenvalue weighted by atomic mass is 10.1. The first kappa shape index (κ1) is 14.4. The van der Waals surface area contributed by atoms with Crippen molar-refractivity contribution in [1.29, 1.82) is 0 Å². The molecule has 0 saturated carbocycles. The number of anilines is 1. The van der Waals surface area contributed by atoms with Gasteiger partial charge in [0, 0.05) is 36.2 Å². The molecule has 0 bridgehead atoms. The van der Waals surface area contributed by atoms with Gasteiger partial charge in [-0.3, -0.25) is 4.79 Å². The number of ether oxygens (including phenoxy) is 1. The molecule has 2 aromatic rings. The molecule has 0 aliphatic heterocycles. The summed E-state index contributed by atoms with van der Waals surface area (Å²) in [6, 6.07) is 5.26. The Balaban J connectivity index is 2.36. The number of hydrogen-bond acceptors (Lipinski definition) is 6. The molecule has 2 N–H and O–H groups in total. The van der Waals surface area contributed by atoms with Crippen LogP contribution >= 0.6 is 12.1 Å². The van der Waals surface area contributed by atoms with Gasteiger partial charge in [-0.2, -0.15) is 0 Å². The van der Waals surface area contributed by atoms with Crippen LogP contribution in [0.4, 0.5) is 5.69 Å². The summed E-state index contributed by atoms with van der Waals surface area (Å²) in [4.78, 5) is 18.2. The van der Waals surface area contributed by atoms with Crippen molar-refractivity contribution in [2.45, 2.75) is 0 Å². The lowest BCUT2D eigenvalue weighted by molar-refractivity contribution is 0.400. The van der Waals surface area contributed by atoms with E-state index in [0.717, 1.165) is 16.8 Å². The van der Waals surface area contributed by atoms with E-state index in [2.05, 4.69) is 14.7 Å². The van der Waals surface area contributed by atoms with Gasteiger partial charge in [-0.1, -0.05) is 0 Å². The Morgan fingerprint density at radius 3 is 2.80 bits per heavy atom. The first-order valence-electron chi connectivity index (χ1n) is 5.93. The highest BCUT2D eigenvalue weighted by Crippen LogP contribution is 2.29. The summed E-state index contributed by atoms with van der Waals surface area (Å²) in [6.45, 7) is 0. The van der Waals surface area contributed by atoms with Crippen LogP contribution in [0.3, 0.4) is 0 Å². The Hall–Kier alpha value is -1.99. The highest BCUT2D eigenvalue weighted by Gasteiger charge is 2.08. The summed E-state index contributed by atoms with van der Waals surface area (Å²) in [6.07, 6.45) is 3.29. The highest BCUT2D eigenvalue weighted by molar-refractivity contribution is 7.98. The first-order chi connectivity index (χ1) is 9.60. The SMILES string of the molecule is COc1ncc(-c2cc[nH]c(=O)c2)cc1NSN(C)C. The minimum absolute atomic E-state index is 0.143. The molecule has 0 amide bonds. The van der Waals surface area contributed by atoms with E-state index in [1.807, 2.05) is 30.5 Å². The smallest absolute Gasteiger partial charge is 0.248 e. The Bertz CT molecular complexity index is 642. The number of nitrogens with zero attached hydrogens (tertiary/aromatic N) is 2. The zero-order chi connectivity index (χ0) is 14.5. The van der Waals surface area contributed by atoms with E-state index in [4.69, 9.17) is 4.74 Å². The van der Waals surface area contributed by atoms with Gasteiger partial charge in [0.2, 0.25) is 11.4 Å². The maximum absolute atomic E-state index is 11.4. The van der Waals surface area contributed by atoms with E-state index >= 15 is 0 Å². The van der Waals surface area contributed by atoms with Crippen LogP contribution in [0.5, 0.6) is 5.88 Å². The quantitative estimate of drug-likeness (QED) is 0.821. The van der Waals surface area contributed by atoms with Crippen molar-refractivity contribution < 1.29 is 4.74 Å². The van der Waals surface area contributed by atoms with E-state index < -0.39 is 0 Å². The fraction of sp³-hybridized carbons (Fsp3) is 0.231. The lowest BCUT2D eigenvalue weighted by Crippen LogP contribution is -2.06. The Morgan fingerprint density at radius 2 is 2.15 bits per heavy atom. The Morgan fingerprint density at radius 1 is 1.35 bits per heavy atom. The number of H-pyrrole nitrogens is 1. The fourth-order valence-corrected chi connectivity index (χ4v) is 2.04. The van der Waals surface area contributed by atoms with Gasteiger partial charge in [-0.05, 0) is 31.8 Å². The molecule has 0 unspecified atom stereocenters. The van der Waals surface area contributed by atoms with Gasteiger partial charge in [0.15, 0.2) is 0 Å². The summed E-state index contributed by atoms with van der Waals surface area (Å²) in [5.41, 5.74) is 2.26. The van der Waals surface area contributed by atoms with Crippen molar-refractivity contribution in [2.75, 3.05) is 25.9 Å². The molecular formula is C13H16N4O2S. The van der Waals surface area contributed by atoms with Crippen LogP contribution in [0, 0.1) is 0 Å². The predicted molar refractivity (Wildman–Crippen MR) is 81.7 cm³/mol. The molecule has 6 nitrogen and oxygen atoms in total. The Kier molecular flexibility index (Phi) is 4.65. The average molecular weight is 292 g/mol. The molecule has 0 radical (unpaired) electrons. The van der Waals surface area contributed by atoms with E-state index in [-0.39, 0.29) is 5.56 Å². The molecule has 7 heteroatoms. The third kappa shape index (κ3) is 3.52. The second-order valence-electron chi connectivity index (χ2n) is 4.23. The predicted octanol–water partition coefficient (Wildman–Crippen LogP) is 1.98. The average Bonchev–Trinajstić information content (AvgIpc) is 2.44. The van der Waals surface area contributed by atoms with Gasteiger partial charge in [0.05, 0.1) is 7.11 Å². The van der Waals surface area contributed by atoms with Gasteiger partial charge >= 0.3 is 0 Å². The zero-order valence-electron chi connectivity index (χ0n) is 11.5. The van der Waals surface area contributed by atoms with Crippen LogP contribution in [-0.4, -0.2) is 35.5 Å². The van der Waals surface area contributed by atoms with Gasteiger partial charge in [-0.25, -0.2) is 9.29 Å². The minimum Gasteiger partial charge on any atom is -0.480 e. The van der Waals surface area contributed by atoms with Crippen molar-refractivity contribution in [1.82, 2.24) is 14.3 Å². The molecule has 0 fully saturated rings. The topological polar surface area (TPSA) is 70.2 Å². The number of aromatic nitrogens is 2. The second kappa shape index (κ2) is 6.44. The molecule has 20 heavy (non-hydrogen) atoms. The standard InChI is InChI=1S/C13H16N4O2S/c1-17(2)20-16-11-6-10(8-15-13(11)19-3)9-4-5-14-12(18)7-9/h4-8,16H,1-3H3,(H,14,18). The molecule has 0 aliphatic carbocycles. The van der Waals surface area contributed by atoms with Crippen LogP contribution in [-0.2, 0) is 0 Å². The minimum atomic E-state index is -0.143. The largest absolute Gasteiger partial charge is 0.480 e. The van der Waals surface area contributed by atoms with Crippen LogP contribution in [0.15, 0.2) is 35.4 Å². The van der Waals surface area contributed by atoms with Crippen LogP contribution in [0.2, 0.25) is 0 Å². The van der Waals surface area contributed by atoms with Crippen LogP contribution in [0.25, 0.3) is 11.1 Å². The zero-order valence-corrected chi connectivity index (χ0v) is 12.3.